The molecule has 0 aliphatic rings. The van der Waals surface area contributed by atoms with Crippen LogP contribution < -0.4 is 4.74 Å². The monoisotopic (exact) mass is 270 g/mol. The Morgan fingerprint density at radius 1 is 1.20 bits per heavy atom. The van der Waals surface area contributed by atoms with Gasteiger partial charge in [0.05, 0.1) is 0 Å². The molecular weight excluding hydrogens is 255 g/mol. The Morgan fingerprint density at radius 3 is 2.75 bits per heavy atom. The van der Waals surface area contributed by atoms with Crippen molar-refractivity contribution in [2.75, 3.05) is 6.61 Å². The molecule has 0 aliphatic heterocycles. The van der Waals surface area contributed by atoms with Crippen LogP contribution in [0.2, 0.25) is 0 Å². The standard InChI is InChI=1S/C17H15FO2/c1-13-8-9-16(11-17(13)18)20-12-15-6-3-2-5-14(15)7-4-10-19/h2-3,5-6,8-9,11,19H,10,12H2,1H3. The maximum Gasteiger partial charge on any atom is 0.129 e. The van der Waals surface area contributed by atoms with E-state index in [0.717, 1.165) is 11.1 Å². The van der Waals surface area contributed by atoms with Crippen molar-refractivity contribution in [3.63, 3.8) is 0 Å². The summed E-state index contributed by atoms with van der Waals surface area (Å²) in [6.07, 6.45) is 0. The molecule has 2 rings (SSSR count). The average molecular weight is 270 g/mol. The van der Waals surface area contributed by atoms with Gasteiger partial charge in [0.25, 0.3) is 0 Å². The molecule has 1 N–H and O–H groups in total. The van der Waals surface area contributed by atoms with Crippen molar-refractivity contribution in [2.45, 2.75) is 13.5 Å². The van der Waals surface area contributed by atoms with Crippen LogP contribution in [0, 0.1) is 24.6 Å². The quantitative estimate of drug-likeness (QED) is 0.869. The third kappa shape index (κ3) is 3.59. The second kappa shape index (κ2) is 6.74. The highest BCUT2D eigenvalue weighted by molar-refractivity contribution is 5.41. The van der Waals surface area contributed by atoms with Crippen LogP contribution in [-0.4, -0.2) is 11.7 Å². The zero-order chi connectivity index (χ0) is 14.4. The third-order valence-corrected chi connectivity index (χ3v) is 2.86. The van der Waals surface area contributed by atoms with E-state index in [1.807, 2.05) is 24.3 Å². The lowest BCUT2D eigenvalue weighted by atomic mass is 10.1. The highest BCUT2D eigenvalue weighted by Gasteiger charge is 2.03. The van der Waals surface area contributed by atoms with Gasteiger partial charge in [-0.05, 0) is 24.6 Å². The van der Waals surface area contributed by atoms with Gasteiger partial charge in [0.2, 0.25) is 0 Å². The minimum atomic E-state index is -0.282. The van der Waals surface area contributed by atoms with Crippen LogP contribution in [0.25, 0.3) is 0 Å². The minimum Gasteiger partial charge on any atom is -0.489 e. The molecule has 0 fully saturated rings. The molecule has 0 unspecified atom stereocenters. The molecule has 2 aromatic rings. The van der Waals surface area contributed by atoms with Crippen molar-refractivity contribution in [1.29, 1.82) is 0 Å². The van der Waals surface area contributed by atoms with E-state index in [0.29, 0.717) is 17.9 Å². The van der Waals surface area contributed by atoms with E-state index >= 15 is 0 Å². The molecule has 0 spiro atoms. The minimum absolute atomic E-state index is 0.182. The van der Waals surface area contributed by atoms with Gasteiger partial charge < -0.3 is 9.84 Å². The summed E-state index contributed by atoms with van der Waals surface area (Å²) in [5, 5.41) is 8.74. The predicted molar refractivity (Wildman–Crippen MR) is 75.9 cm³/mol. The zero-order valence-electron chi connectivity index (χ0n) is 11.2. The molecule has 0 aliphatic carbocycles. The van der Waals surface area contributed by atoms with Gasteiger partial charge in [0.1, 0.15) is 24.8 Å². The summed E-state index contributed by atoms with van der Waals surface area (Å²) >= 11 is 0. The van der Waals surface area contributed by atoms with Crippen LogP contribution >= 0.6 is 0 Å². The topological polar surface area (TPSA) is 29.5 Å². The molecule has 0 saturated heterocycles. The Labute approximate surface area is 117 Å². The van der Waals surface area contributed by atoms with Crippen LogP contribution in [0.3, 0.4) is 0 Å². The van der Waals surface area contributed by atoms with Gasteiger partial charge in [-0.15, -0.1) is 0 Å². The molecule has 0 radical (unpaired) electrons. The van der Waals surface area contributed by atoms with Crippen molar-refractivity contribution in [3.8, 4) is 17.6 Å². The summed E-state index contributed by atoms with van der Waals surface area (Å²) in [6, 6.07) is 12.3. The highest BCUT2D eigenvalue weighted by Crippen LogP contribution is 2.18. The van der Waals surface area contributed by atoms with E-state index in [4.69, 9.17) is 9.84 Å². The lowest BCUT2D eigenvalue weighted by molar-refractivity contribution is 0.304. The van der Waals surface area contributed by atoms with Gasteiger partial charge >= 0.3 is 0 Å². The lowest BCUT2D eigenvalue weighted by Gasteiger charge is -2.08. The Hall–Kier alpha value is -2.31. The fourth-order valence-electron chi connectivity index (χ4n) is 1.73. The molecular formula is C17H15FO2. The van der Waals surface area contributed by atoms with Crippen LogP contribution in [-0.2, 0) is 6.61 Å². The van der Waals surface area contributed by atoms with Crippen LogP contribution in [0.1, 0.15) is 16.7 Å². The first-order valence-electron chi connectivity index (χ1n) is 6.27. The Balaban J connectivity index is 2.12. The van der Waals surface area contributed by atoms with E-state index in [9.17, 15) is 4.39 Å². The van der Waals surface area contributed by atoms with Crippen molar-refractivity contribution < 1.29 is 14.2 Å². The largest absolute Gasteiger partial charge is 0.489 e. The fraction of sp³-hybridized carbons (Fsp3) is 0.176. The van der Waals surface area contributed by atoms with Gasteiger partial charge in [-0.2, -0.15) is 0 Å². The zero-order valence-corrected chi connectivity index (χ0v) is 11.2. The maximum atomic E-state index is 13.4. The molecule has 20 heavy (non-hydrogen) atoms. The molecule has 0 heterocycles. The van der Waals surface area contributed by atoms with E-state index in [1.54, 1.807) is 19.1 Å². The molecule has 0 atom stereocenters. The number of rotatable bonds is 3. The van der Waals surface area contributed by atoms with Crippen LogP contribution in [0.15, 0.2) is 42.5 Å². The second-order valence-corrected chi connectivity index (χ2v) is 4.32. The molecule has 3 heteroatoms. The number of hydrogen-bond acceptors (Lipinski definition) is 2. The van der Waals surface area contributed by atoms with E-state index in [-0.39, 0.29) is 12.4 Å². The van der Waals surface area contributed by atoms with Crippen LogP contribution in [0.4, 0.5) is 4.39 Å². The molecule has 0 bridgehead atoms. The summed E-state index contributed by atoms with van der Waals surface area (Å²) in [6.45, 7) is 1.83. The highest BCUT2D eigenvalue weighted by atomic mass is 19.1. The second-order valence-electron chi connectivity index (χ2n) is 4.32. The summed E-state index contributed by atoms with van der Waals surface area (Å²) in [4.78, 5) is 0. The fourth-order valence-corrected chi connectivity index (χ4v) is 1.73. The Morgan fingerprint density at radius 2 is 2.00 bits per heavy atom. The Kier molecular flexibility index (Phi) is 4.75. The van der Waals surface area contributed by atoms with E-state index < -0.39 is 0 Å². The molecule has 0 saturated carbocycles. The van der Waals surface area contributed by atoms with Gasteiger partial charge in [0.15, 0.2) is 0 Å². The molecule has 0 amide bonds. The van der Waals surface area contributed by atoms with Crippen molar-refractivity contribution in [1.82, 2.24) is 0 Å². The van der Waals surface area contributed by atoms with Crippen molar-refractivity contribution in [2.24, 2.45) is 0 Å². The summed E-state index contributed by atoms with van der Waals surface area (Å²) in [5.41, 5.74) is 2.29. The predicted octanol–water partition coefficient (Wildman–Crippen LogP) is 3.06. The first kappa shape index (κ1) is 14.1. The lowest BCUT2D eigenvalue weighted by Crippen LogP contribution is -1.99. The number of benzene rings is 2. The summed E-state index contributed by atoms with van der Waals surface area (Å²) < 4.78 is 19.0. The number of aliphatic hydroxyl groups excluding tert-OH is 1. The van der Waals surface area contributed by atoms with Gasteiger partial charge in [-0.1, -0.05) is 36.1 Å². The first-order valence-corrected chi connectivity index (χ1v) is 6.27. The summed E-state index contributed by atoms with van der Waals surface area (Å²) in [7, 11) is 0. The van der Waals surface area contributed by atoms with Crippen molar-refractivity contribution >= 4 is 0 Å². The van der Waals surface area contributed by atoms with E-state index in [1.165, 1.54) is 6.07 Å². The van der Waals surface area contributed by atoms with Gasteiger partial charge in [-0.3, -0.25) is 0 Å². The van der Waals surface area contributed by atoms with Gasteiger partial charge in [0, 0.05) is 17.2 Å². The number of aryl methyl sites for hydroxylation is 1. The molecule has 2 aromatic carbocycles. The summed E-state index contributed by atoms with van der Waals surface area (Å²) in [5.74, 6) is 5.68. The number of hydrogen-bond donors (Lipinski definition) is 1. The molecule has 102 valence electrons. The first-order chi connectivity index (χ1) is 9.70. The third-order valence-electron chi connectivity index (χ3n) is 2.86. The Bertz CT molecular complexity index is 654. The molecule has 0 aromatic heterocycles. The maximum absolute atomic E-state index is 13.4. The SMILES string of the molecule is Cc1ccc(OCc2ccccc2C#CCO)cc1F. The number of aliphatic hydroxyl groups is 1. The number of halogens is 1. The van der Waals surface area contributed by atoms with Crippen LogP contribution in [0.5, 0.6) is 5.75 Å². The van der Waals surface area contributed by atoms with Gasteiger partial charge in [-0.25, -0.2) is 4.39 Å². The van der Waals surface area contributed by atoms with Crippen molar-refractivity contribution in [3.05, 3.63) is 65.0 Å². The van der Waals surface area contributed by atoms with E-state index in [2.05, 4.69) is 11.8 Å². The molecule has 2 nitrogen and oxygen atoms in total. The normalized spacial score (nSPS) is 9.75. The average Bonchev–Trinajstić information content (AvgIpc) is 2.47. The smallest absolute Gasteiger partial charge is 0.129 e. The number of ether oxygens (including phenoxy) is 1.